The Labute approximate surface area is 165 Å². The molecule has 1 saturated carbocycles. The minimum Gasteiger partial charge on any atom is -0.486 e. The number of ketones is 1. The Bertz CT molecular complexity index is 934. The SMILES string of the molecule is CC[C@H](C)NC(=O)c1oc2ccc3c(c2c1C)C(=O)CC1(CCC(C)CC1)O3. The van der Waals surface area contributed by atoms with Gasteiger partial charge in [-0.1, -0.05) is 13.8 Å². The molecule has 2 heterocycles. The summed E-state index contributed by atoms with van der Waals surface area (Å²) in [6, 6.07) is 3.71. The Morgan fingerprint density at radius 2 is 2.04 bits per heavy atom. The van der Waals surface area contributed by atoms with Gasteiger partial charge in [0.1, 0.15) is 16.9 Å². The number of benzene rings is 1. The predicted octanol–water partition coefficient (Wildman–Crippen LogP) is 5.18. The van der Waals surface area contributed by atoms with E-state index in [2.05, 4.69) is 12.2 Å². The maximum Gasteiger partial charge on any atom is 0.287 e. The van der Waals surface area contributed by atoms with Crippen LogP contribution in [0.3, 0.4) is 0 Å². The summed E-state index contributed by atoms with van der Waals surface area (Å²) in [7, 11) is 0. The molecule has 5 heteroatoms. The van der Waals surface area contributed by atoms with E-state index >= 15 is 0 Å². The Morgan fingerprint density at radius 3 is 2.71 bits per heavy atom. The molecule has 28 heavy (non-hydrogen) atoms. The van der Waals surface area contributed by atoms with Gasteiger partial charge >= 0.3 is 0 Å². The van der Waals surface area contributed by atoms with Crippen molar-refractivity contribution < 1.29 is 18.7 Å². The molecule has 1 aliphatic carbocycles. The van der Waals surface area contributed by atoms with Crippen molar-refractivity contribution >= 4 is 22.7 Å². The van der Waals surface area contributed by atoms with Gasteiger partial charge in [-0.05, 0) is 64.0 Å². The second-order valence-corrected chi connectivity index (χ2v) is 8.72. The number of rotatable bonds is 3. The molecule has 0 unspecified atom stereocenters. The van der Waals surface area contributed by atoms with Crippen molar-refractivity contribution in [3.63, 3.8) is 0 Å². The Kier molecular flexibility index (Phi) is 4.72. The molecule has 4 rings (SSSR count). The molecule has 1 N–H and O–H groups in total. The number of fused-ring (bicyclic) bond motifs is 3. The summed E-state index contributed by atoms with van der Waals surface area (Å²) in [5.41, 5.74) is 1.48. The molecular formula is C23H29NO4. The van der Waals surface area contributed by atoms with Crippen molar-refractivity contribution in [3.8, 4) is 5.75 Å². The maximum absolute atomic E-state index is 13.2. The van der Waals surface area contributed by atoms with Gasteiger partial charge in [0.2, 0.25) is 0 Å². The molecule has 1 atom stereocenters. The van der Waals surface area contributed by atoms with Crippen molar-refractivity contribution in [2.24, 2.45) is 5.92 Å². The number of aryl methyl sites for hydroxylation is 1. The second-order valence-electron chi connectivity index (χ2n) is 8.72. The molecule has 1 spiro atoms. The summed E-state index contributed by atoms with van der Waals surface area (Å²) >= 11 is 0. The van der Waals surface area contributed by atoms with Crippen molar-refractivity contribution in [2.45, 2.75) is 77.9 Å². The highest BCUT2D eigenvalue weighted by Crippen LogP contribution is 2.46. The van der Waals surface area contributed by atoms with Gasteiger partial charge in [-0.25, -0.2) is 0 Å². The molecule has 5 nitrogen and oxygen atoms in total. The van der Waals surface area contributed by atoms with Crippen LogP contribution in [-0.4, -0.2) is 23.3 Å². The van der Waals surface area contributed by atoms with E-state index in [1.807, 2.05) is 32.9 Å². The number of furan rings is 1. The fourth-order valence-corrected chi connectivity index (χ4v) is 4.51. The summed E-state index contributed by atoms with van der Waals surface area (Å²) in [4.78, 5) is 25.8. The molecule has 0 saturated heterocycles. The molecule has 2 aromatic rings. The molecule has 1 aromatic heterocycles. The van der Waals surface area contributed by atoms with E-state index in [0.717, 1.165) is 37.5 Å². The fourth-order valence-electron chi connectivity index (χ4n) is 4.51. The third-order valence-corrected chi connectivity index (χ3v) is 6.53. The number of hydrogen-bond donors (Lipinski definition) is 1. The first-order valence-electron chi connectivity index (χ1n) is 10.4. The van der Waals surface area contributed by atoms with E-state index in [0.29, 0.717) is 34.8 Å². The molecule has 2 aliphatic rings. The lowest BCUT2D eigenvalue weighted by molar-refractivity contribution is 0.00430. The summed E-state index contributed by atoms with van der Waals surface area (Å²) in [5.74, 6) is 1.47. The van der Waals surface area contributed by atoms with Crippen molar-refractivity contribution in [3.05, 3.63) is 29.0 Å². The monoisotopic (exact) mass is 383 g/mol. The van der Waals surface area contributed by atoms with Crippen LogP contribution in [0.15, 0.2) is 16.5 Å². The third kappa shape index (κ3) is 3.11. The highest BCUT2D eigenvalue weighted by Gasteiger charge is 2.43. The lowest BCUT2D eigenvalue weighted by atomic mass is 9.74. The third-order valence-electron chi connectivity index (χ3n) is 6.53. The minimum atomic E-state index is -0.362. The lowest BCUT2D eigenvalue weighted by Crippen LogP contribution is -2.44. The van der Waals surface area contributed by atoms with Crippen molar-refractivity contribution in [1.29, 1.82) is 0 Å². The number of carbonyl (C=O) groups is 2. The van der Waals surface area contributed by atoms with Crippen LogP contribution in [0.1, 0.15) is 85.8 Å². The molecule has 1 aliphatic heterocycles. The predicted molar refractivity (Wildman–Crippen MR) is 108 cm³/mol. The Balaban J connectivity index is 1.73. The average molecular weight is 383 g/mol. The van der Waals surface area contributed by atoms with Gasteiger partial charge in [-0.2, -0.15) is 0 Å². The standard InChI is InChI=1S/C23H29NO4/c1-5-14(3)24-22(26)21-15(4)19-17(27-21)6-7-18-20(19)16(25)12-23(28-18)10-8-13(2)9-11-23/h6-7,13-14H,5,8-12H2,1-4H3,(H,24,26)/t13?,14-,23?/m0/s1. The smallest absolute Gasteiger partial charge is 0.287 e. The summed E-state index contributed by atoms with van der Waals surface area (Å²) < 4.78 is 12.3. The zero-order valence-electron chi connectivity index (χ0n) is 17.2. The average Bonchev–Trinajstić information content (AvgIpc) is 3.01. The molecule has 0 bridgehead atoms. The number of nitrogens with one attached hydrogen (secondary N) is 1. The number of amides is 1. The fraction of sp³-hybridized carbons (Fsp3) is 0.565. The van der Waals surface area contributed by atoms with Crippen LogP contribution in [0.5, 0.6) is 5.75 Å². The maximum atomic E-state index is 13.2. The zero-order valence-corrected chi connectivity index (χ0v) is 17.2. The van der Waals surface area contributed by atoms with Gasteiger partial charge in [0, 0.05) is 17.0 Å². The number of Topliss-reactive ketones (excluding diaryl/α,β-unsaturated/α-hetero) is 1. The number of ether oxygens (including phenoxy) is 1. The first-order valence-corrected chi connectivity index (χ1v) is 10.4. The first-order chi connectivity index (χ1) is 13.3. The highest BCUT2D eigenvalue weighted by molar-refractivity contribution is 6.13. The largest absolute Gasteiger partial charge is 0.486 e. The van der Waals surface area contributed by atoms with Crippen LogP contribution in [-0.2, 0) is 0 Å². The van der Waals surface area contributed by atoms with Crippen LogP contribution < -0.4 is 10.1 Å². The quantitative estimate of drug-likeness (QED) is 0.792. The van der Waals surface area contributed by atoms with Crippen LogP contribution in [0.4, 0.5) is 0 Å². The molecule has 1 aromatic carbocycles. The normalized spacial score (nSPS) is 25.4. The first kappa shape index (κ1) is 19.0. The van der Waals surface area contributed by atoms with Crippen LogP contribution in [0.2, 0.25) is 0 Å². The van der Waals surface area contributed by atoms with E-state index in [-0.39, 0.29) is 29.1 Å². The van der Waals surface area contributed by atoms with Gasteiger partial charge in [0.15, 0.2) is 11.5 Å². The van der Waals surface area contributed by atoms with E-state index in [1.54, 1.807) is 0 Å². The second kappa shape index (κ2) is 6.94. The highest BCUT2D eigenvalue weighted by atomic mass is 16.5. The Hall–Kier alpha value is -2.30. The van der Waals surface area contributed by atoms with Gasteiger partial charge < -0.3 is 14.5 Å². The zero-order chi connectivity index (χ0) is 20.1. The topological polar surface area (TPSA) is 68.5 Å². The van der Waals surface area contributed by atoms with E-state index in [1.165, 1.54) is 0 Å². The number of hydrogen-bond acceptors (Lipinski definition) is 4. The van der Waals surface area contributed by atoms with Crippen LogP contribution in [0, 0.1) is 12.8 Å². The van der Waals surface area contributed by atoms with E-state index in [9.17, 15) is 9.59 Å². The molecule has 150 valence electrons. The van der Waals surface area contributed by atoms with Crippen molar-refractivity contribution in [2.75, 3.05) is 0 Å². The van der Waals surface area contributed by atoms with E-state index < -0.39 is 0 Å². The number of carbonyl (C=O) groups excluding carboxylic acids is 2. The molecule has 1 fully saturated rings. The lowest BCUT2D eigenvalue weighted by Gasteiger charge is -2.42. The Morgan fingerprint density at radius 1 is 1.32 bits per heavy atom. The minimum absolute atomic E-state index is 0.0625. The van der Waals surface area contributed by atoms with Crippen LogP contribution in [0.25, 0.3) is 11.0 Å². The summed E-state index contributed by atoms with van der Waals surface area (Å²) in [6.45, 7) is 8.08. The van der Waals surface area contributed by atoms with E-state index in [4.69, 9.17) is 9.15 Å². The molecule has 1 amide bonds. The summed E-state index contributed by atoms with van der Waals surface area (Å²) in [6.07, 6.45) is 5.28. The van der Waals surface area contributed by atoms with Gasteiger partial charge in [-0.3, -0.25) is 9.59 Å². The van der Waals surface area contributed by atoms with Crippen LogP contribution >= 0.6 is 0 Å². The van der Waals surface area contributed by atoms with Crippen molar-refractivity contribution in [1.82, 2.24) is 5.32 Å². The summed E-state index contributed by atoms with van der Waals surface area (Å²) in [5, 5.41) is 3.66. The van der Waals surface area contributed by atoms with Gasteiger partial charge in [0.25, 0.3) is 5.91 Å². The molecule has 0 radical (unpaired) electrons. The van der Waals surface area contributed by atoms with Gasteiger partial charge in [-0.15, -0.1) is 0 Å². The van der Waals surface area contributed by atoms with Gasteiger partial charge in [0.05, 0.1) is 12.0 Å². The molecular weight excluding hydrogens is 354 g/mol.